The van der Waals surface area contributed by atoms with Gasteiger partial charge >= 0.3 is 0 Å². The molecule has 0 radical (unpaired) electrons. The number of aromatic nitrogens is 2. The van der Waals surface area contributed by atoms with Crippen molar-refractivity contribution in [1.82, 2.24) is 14.9 Å². The standard InChI is InChI=1S/C19H18N4S/c24-19(22-16-6-7-17-18(12-16)21-10-9-20-17)23-11-8-15(13-23)14-4-2-1-3-5-14/h1-7,9-10,12,15H,8,11,13H2,(H,22,24). The van der Waals surface area contributed by atoms with Gasteiger partial charge in [-0.25, -0.2) is 0 Å². The molecule has 0 bridgehead atoms. The Morgan fingerprint density at radius 1 is 1.04 bits per heavy atom. The summed E-state index contributed by atoms with van der Waals surface area (Å²) >= 11 is 5.60. The topological polar surface area (TPSA) is 41.1 Å². The maximum absolute atomic E-state index is 5.60. The summed E-state index contributed by atoms with van der Waals surface area (Å²) in [5.74, 6) is 0.549. The third kappa shape index (κ3) is 3.08. The molecule has 0 saturated carbocycles. The van der Waals surface area contributed by atoms with Gasteiger partial charge in [0.15, 0.2) is 5.11 Å². The van der Waals surface area contributed by atoms with Crippen molar-refractivity contribution in [3.63, 3.8) is 0 Å². The fraction of sp³-hybridized carbons (Fsp3) is 0.211. The van der Waals surface area contributed by atoms with E-state index < -0.39 is 0 Å². The van der Waals surface area contributed by atoms with Crippen LogP contribution in [-0.2, 0) is 0 Å². The zero-order valence-corrected chi connectivity index (χ0v) is 14.0. The minimum Gasteiger partial charge on any atom is -0.348 e. The van der Waals surface area contributed by atoms with Crippen molar-refractivity contribution >= 4 is 34.1 Å². The summed E-state index contributed by atoms with van der Waals surface area (Å²) in [6.07, 6.45) is 4.54. The van der Waals surface area contributed by atoms with Gasteiger partial charge in [-0.2, -0.15) is 0 Å². The Kier molecular flexibility index (Phi) is 4.09. The molecular formula is C19H18N4S. The largest absolute Gasteiger partial charge is 0.348 e. The first kappa shape index (κ1) is 15.0. The molecule has 4 nitrogen and oxygen atoms in total. The van der Waals surface area contributed by atoms with Crippen LogP contribution in [0, 0.1) is 0 Å². The van der Waals surface area contributed by atoms with Gasteiger partial charge in [0.25, 0.3) is 0 Å². The highest BCUT2D eigenvalue weighted by molar-refractivity contribution is 7.80. The van der Waals surface area contributed by atoms with Gasteiger partial charge in [0.05, 0.1) is 11.0 Å². The third-order valence-corrected chi connectivity index (χ3v) is 4.83. The average Bonchev–Trinajstić information content (AvgIpc) is 3.13. The Hall–Kier alpha value is -2.53. The van der Waals surface area contributed by atoms with Crippen molar-refractivity contribution < 1.29 is 0 Å². The molecule has 5 heteroatoms. The van der Waals surface area contributed by atoms with Crippen LogP contribution >= 0.6 is 12.2 Å². The number of benzene rings is 2. The third-order valence-electron chi connectivity index (χ3n) is 4.47. The first-order chi connectivity index (χ1) is 11.8. The van der Waals surface area contributed by atoms with Crippen molar-refractivity contribution in [2.24, 2.45) is 0 Å². The van der Waals surface area contributed by atoms with E-state index in [9.17, 15) is 0 Å². The maximum Gasteiger partial charge on any atom is 0.173 e. The van der Waals surface area contributed by atoms with Crippen LogP contribution < -0.4 is 5.32 Å². The van der Waals surface area contributed by atoms with Gasteiger partial charge in [0.2, 0.25) is 0 Å². The van der Waals surface area contributed by atoms with Crippen molar-refractivity contribution in [3.05, 3.63) is 66.5 Å². The molecule has 24 heavy (non-hydrogen) atoms. The van der Waals surface area contributed by atoms with Gasteiger partial charge in [-0.15, -0.1) is 0 Å². The van der Waals surface area contributed by atoms with Crippen LogP contribution in [0.4, 0.5) is 5.69 Å². The molecule has 1 N–H and O–H groups in total. The van der Waals surface area contributed by atoms with Gasteiger partial charge in [0.1, 0.15) is 0 Å². The van der Waals surface area contributed by atoms with Crippen LogP contribution in [0.1, 0.15) is 17.9 Å². The molecule has 1 aliphatic rings. The number of likely N-dealkylation sites (tertiary alicyclic amines) is 1. The van der Waals surface area contributed by atoms with Crippen molar-refractivity contribution in [3.8, 4) is 0 Å². The Morgan fingerprint density at radius 2 is 1.83 bits per heavy atom. The lowest BCUT2D eigenvalue weighted by molar-refractivity contribution is 0.518. The summed E-state index contributed by atoms with van der Waals surface area (Å²) < 4.78 is 0. The monoisotopic (exact) mass is 334 g/mol. The molecular weight excluding hydrogens is 316 g/mol. The second-order valence-electron chi connectivity index (χ2n) is 6.03. The SMILES string of the molecule is S=C(Nc1ccc2nccnc2c1)N1CCC(c2ccccc2)C1. The first-order valence-electron chi connectivity index (χ1n) is 8.11. The number of thiocarbonyl (C=S) groups is 1. The molecule has 0 aliphatic carbocycles. The molecule has 4 rings (SSSR count). The fourth-order valence-corrected chi connectivity index (χ4v) is 3.47. The minimum absolute atomic E-state index is 0.549. The van der Waals surface area contributed by atoms with E-state index in [-0.39, 0.29) is 0 Å². The van der Waals surface area contributed by atoms with E-state index in [4.69, 9.17) is 12.2 Å². The van der Waals surface area contributed by atoms with Gasteiger partial charge in [-0.3, -0.25) is 9.97 Å². The van der Waals surface area contributed by atoms with Gasteiger partial charge < -0.3 is 10.2 Å². The molecule has 1 saturated heterocycles. The predicted molar refractivity (Wildman–Crippen MR) is 101 cm³/mol. The summed E-state index contributed by atoms with van der Waals surface area (Å²) in [4.78, 5) is 10.9. The minimum atomic E-state index is 0.549. The fourth-order valence-electron chi connectivity index (χ4n) is 3.19. The lowest BCUT2D eigenvalue weighted by Gasteiger charge is -2.21. The number of rotatable bonds is 2. The molecule has 1 unspecified atom stereocenters. The Bertz CT molecular complexity index is 865. The molecule has 1 fully saturated rings. The normalized spacial score (nSPS) is 17.2. The molecule has 3 aromatic rings. The van der Waals surface area contributed by atoms with Crippen molar-refractivity contribution in [2.45, 2.75) is 12.3 Å². The van der Waals surface area contributed by atoms with Crippen LogP contribution in [0.25, 0.3) is 11.0 Å². The van der Waals surface area contributed by atoms with Gasteiger partial charge in [-0.05, 0) is 42.4 Å². The van der Waals surface area contributed by atoms with Crippen LogP contribution in [0.5, 0.6) is 0 Å². The second kappa shape index (κ2) is 6.53. The van der Waals surface area contributed by atoms with E-state index in [0.29, 0.717) is 5.92 Å². The zero-order chi connectivity index (χ0) is 16.4. The van der Waals surface area contributed by atoms with Gasteiger partial charge in [-0.1, -0.05) is 30.3 Å². The number of nitrogens with zero attached hydrogens (tertiary/aromatic N) is 3. The van der Waals surface area contributed by atoms with E-state index in [1.807, 2.05) is 18.2 Å². The van der Waals surface area contributed by atoms with E-state index >= 15 is 0 Å². The molecule has 2 heterocycles. The molecule has 2 aromatic carbocycles. The van der Waals surface area contributed by atoms with E-state index in [1.54, 1.807) is 12.4 Å². The van der Waals surface area contributed by atoms with Crippen LogP contribution in [0.2, 0.25) is 0 Å². The van der Waals surface area contributed by atoms with Crippen LogP contribution in [-0.4, -0.2) is 33.1 Å². The smallest absolute Gasteiger partial charge is 0.173 e. The van der Waals surface area contributed by atoms with Crippen molar-refractivity contribution in [1.29, 1.82) is 0 Å². The predicted octanol–water partition coefficient (Wildman–Crippen LogP) is 3.82. The molecule has 120 valence electrons. The van der Waals surface area contributed by atoms with Crippen LogP contribution in [0.15, 0.2) is 60.9 Å². The summed E-state index contributed by atoms with van der Waals surface area (Å²) in [5.41, 5.74) is 4.10. The first-order valence-corrected chi connectivity index (χ1v) is 8.52. The van der Waals surface area contributed by atoms with E-state index in [0.717, 1.165) is 41.3 Å². The molecule has 1 aliphatic heterocycles. The number of hydrogen-bond acceptors (Lipinski definition) is 3. The van der Waals surface area contributed by atoms with E-state index in [2.05, 4.69) is 50.5 Å². The number of anilines is 1. The lowest BCUT2D eigenvalue weighted by Crippen LogP contribution is -2.32. The van der Waals surface area contributed by atoms with E-state index in [1.165, 1.54) is 5.56 Å². The molecule has 1 atom stereocenters. The number of hydrogen-bond donors (Lipinski definition) is 1. The molecule has 1 aromatic heterocycles. The van der Waals surface area contributed by atoms with Crippen molar-refractivity contribution in [2.75, 3.05) is 18.4 Å². The maximum atomic E-state index is 5.60. The quantitative estimate of drug-likeness (QED) is 0.722. The Morgan fingerprint density at radius 3 is 2.67 bits per heavy atom. The number of nitrogens with one attached hydrogen (secondary N) is 1. The molecule has 0 amide bonds. The Labute approximate surface area is 146 Å². The van der Waals surface area contributed by atoms with Gasteiger partial charge in [0, 0.05) is 37.1 Å². The molecule has 0 spiro atoms. The second-order valence-corrected chi connectivity index (χ2v) is 6.42. The lowest BCUT2D eigenvalue weighted by atomic mass is 9.99. The average molecular weight is 334 g/mol. The highest BCUT2D eigenvalue weighted by Gasteiger charge is 2.25. The highest BCUT2D eigenvalue weighted by atomic mass is 32.1. The highest BCUT2D eigenvalue weighted by Crippen LogP contribution is 2.27. The number of fused-ring (bicyclic) bond motifs is 1. The summed E-state index contributed by atoms with van der Waals surface area (Å²) in [6.45, 7) is 1.95. The zero-order valence-electron chi connectivity index (χ0n) is 13.2. The summed E-state index contributed by atoms with van der Waals surface area (Å²) in [6, 6.07) is 16.6. The summed E-state index contributed by atoms with van der Waals surface area (Å²) in [7, 11) is 0. The summed E-state index contributed by atoms with van der Waals surface area (Å²) in [5, 5.41) is 4.11. The Balaban J connectivity index is 1.44. The van der Waals surface area contributed by atoms with Crippen LogP contribution in [0.3, 0.4) is 0 Å².